The third kappa shape index (κ3) is 16.7. The number of hydrogen-bond acceptors (Lipinski definition) is 14. The first-order valence-corrected chi connectivity index (χ1v) is 33.9. The molecule has 2 aliphatic rings. The summed E-state index contributed by atoms with van der Waals surface area (Å²) in [6.45, 7) is 21.9. The smallest absolute Gasteiger partial charge is 0.164 e. The van der Waals surface area contributed by atoms with Crippen LogP contribution >= 0.6 is 0 Å². The van der Waals surface area contributed by atoms with Gasteiger partial charge in [-0.15, -0.1) is 0 Å². The molecule has 474 valence electrons. The van der Waals surface area contributed by atoms with Gasteiger partial charge in [0.05, 0.1) is 52.9 Å². The summed E-state index contributed by atoms with van der Waals surface area (Å²) in [4.78, 5) is 40.2. The molecule has 0 spiro atoms. The maximum Gasteiger partial charge on any atom is 0.164 e. The Morgan fingerprint density at radius 1 is 0.227 bits per heavy atom. The Balaban J connectivity index is 1.39. The lowest BCUT2D eigenvalue weighted by Gasteiger charge is -2.15. The van der Waals surface area contributed by atoms with Crippen molar-refractivity contribution in [1.29, 1.82) is 0 Å². The second-order valence-corrected chi connectivity index (χ2v) is 23.4. The molecule has 3 aromatic heterocycles. The number of aromatic amines is 2. The van der Waals surface area contributed by atoms with Crippen molar-refractivity contribution in [3.05, 3.63) is 48.5 Å². The van der Waals surface area contributed by atoms with E-state index in [0.717, 1.165) is 198 Å². The Labute approximate surface area is 522 Å². The first kappa shape index (κ1) is 65.1. The first-order chi connectivity index (χ1) is 43.3. The minimum absolute atomic E-state index is 0.441. The van der Waals surface area contributed by atoms with Crippen LogP contribution in [-0.4, -0.2) is 92.7 Å². The Hall–Kier alpha value is -7.36. The molecule has 7 aromatic rings. The molecule has 0 saturated carbocycles. The minimum atomic E-state index is 0.441. The molecule has 16 heteroatoms. The Morgan fingerprint density at radius 3 is 0.568 bits per heavy atom. The molecule has 88 heavy (non-hydrogen) atoms. The van der Waals surface area contributed by atoms with Crippen molar-refractivity contribution >= 4 is 44.1 Å². The van der Waals surface area contributed by atoms with E-state index in [4.69, 9.17) is 67.8 Å². The molecule has 2 aliphatic heterocycles. The highest BCUT2D eigenvalue weighted by Crippen LogP contribution is 2.46. The van der Waals surface area contributed by atoms with Gasteiger partial charge in [0.2, 0.25) is 0 Å². The van der Waals surface area contributed by atoms with E-state index >= 15 is 0 Å². The number of benzene rings is 4. The molecule has 2 N–H and O–H groups in total. The van der Waals surface area contributed by atoms with Crippen LogP contribution in [0.2, 0.25) is 0 Å². The van der Waals surface area contributed by atoms with Crippen molar-refractivity contribution in [3.63, 3.8) is 0 Å². The van der Waals surface area contributed by atoms with E-state index in [-0.39, 0.29) is 0 Å². The standard InChI is InChI=1S/C72H98N8O8/c1-9-17-25-33-81-57-41-49-50(42-58(57)82-34-26-18-10-2)66-73-65(49)77-67-51-43-59(83-35-27-19-11-3)60(84-36-28-20-12-4)44-52(51)69(74-67)79-71-55-47-63(87-39-31-23-15-7)64(88-40-32-24-16-8)48-56(55)72(76-71)80-70-54-46-62(86-38-30-22-14-6)61(85-37-29-21-13-5)45-53(54)68(75-70)78-66/h41-48H,9-40H2,1-8H3,(H2,73,74,75,76,77,78,79,80). The van der Waals surface area contributed by atoms with Crippen LogP contribution in [0.15, 0.2) is 48.5 Å². The zero-order valence-electron chi connectivity index (χ0n) is 54.2. The van der Waals surface area contributed by atoms with E-state index in [1.165, 1.54) is 0 Å². The second kappa shape index (κ2) is 33.8. The summed E-state index contributed by atoms with van der Waals surface area (Å²) in [6.07, 6.45) is 24.3. The third-order valence-corrected chi connectivity index (χ3v) is 16.1. The number of hydrogen-bond donors (Lipinski definition) is 2. The largest absolute Gasteiger partial charge is 0.490 e. The van der Waals surface area contributed by atoms with Crippen molar-refractivity contribution in [2.24, 2.45) is 0 Å². The highest BCUT2D eigenvalue weighted by atomic mass is 16.5. The summed E-state index contributed by atoms with van der Waals surface area (Å²) in [5, 5.41) is 3.10. The molecule has 0 unspecified atom stereocenters. The molecule has 9 rings (SSSR count). The average Bonchev–Trinajstić information content (AvgIpc) is 2.03. The van der Waals surface area contributed by atoms with E-state index in [1.807, 2.05) is 48.5 Å². The lowest BCUT2D eigenvalue weighted by Crippen LogP contribution is -2.03. The molecule has 5 heterocycles. The molecule has 0 atom stereocenters. The Kier molecular flexibility index (Phi) is 25.0. The Morgan fingerprint density at radius 2 is 0.398 bits per heavy atom. The summed E-state index contributed by atoms with van der Waals surface area (Å²) < 4.78 is 53.2. The molecule has 0 fully saturated rings. The fraction of sp³-hybridized carbons (Fsp3) is 0.556. The quantitative estimate of drug-likeness (QED) is 0.0346. The predicted molar refractivity (Wildman–Crippen MR) is 356 cm³/mol. The van der Waals surface area contributed by atoms with E-state index in [1.54, 1.807) is 0 Å². The van der Waals surface area contributed by atoms with Crippen LogP contribution < -0.4 is 37.9 Å². The van der Waals surface area contributed by atoms with Gasteiger partial charge in [0, 0.05) is 43.8 Å². The molecule has 0 aliphatic carbocycles. The van der Waals surface area contributed by atoms with Gasteiger partial charge in [-0.3, -0.25) is 0 Å². The van der Waals surface area contributed by atoms with Gasteiger partial charge >= 0.3 is 0 Å². The van der Waals surface area contributed by atoms with Crippen LogP contribution in [0, 0.1) is 0 Å². The zero-order valence-corrected chi connectivity index (χ0v) is 54.2. The second-order valence-electron chi connectivity index (χ2n) is 23.4. The van der Waals surface area contributed by atoms with Gasteiger partial charge in [0.25, 0.3) is 0 Å². The SMILES string of the molecule is CCCCCOc1cc2c(cc1OCCCCC)-c1nc-2nc2[nH]c(nc3nc(nc4[nH]c(n1)c1cc(OCCCCC)c(OCCCCC)cc41)-c1cc(OCCCCC)c(OCCCCC)cc1-3)c1cc(OCCCCC)c(OCCCCC)cc21. The van der Waals surface area contributed by atoms with E-state index in [0.29, 0.717) is 145 Å². The van der Waals surface area contributed by atoms with Crippen molar-refractivity contribution in [3.8, 4) is 91.5 Å². The topological polar surface area (TPSA) is 183 Å². The molecular formula is C72H98N8O8. The van der Waals surface area contributed by atoms with Gasteiger partial charge in [-0.1, -0.05) is 158 Å². The normalized spacial score (nSPS) is 11.7. The average molecular weight is 1200 g/mol. The lowest BCUT2D eigenvalue weighted by atomic mass is 10.1. The summed E-state index contributed by atoms with van der Waals surface area (Å²) in [5.41, 5.74) is 5.11. The molecule has 16 nitrogen and oxygen atoms in total. The Bertz CT molecular complexity index is 3090. The van der Waals surface area contributed by atoms with Crippen molar-refractivity contribution in [2.45, 2.75) is 209 Å². The maximum atomic E-state index is 6.65. The first-order valence-electron chi connectivity index (χ1n) is 33.9. The number of aromatic nitrogens is 8. The van der Waals surface area contributed by atoms with Crippen molar-refractivity contribution in [2.75, 3.05) is 52.9 Å². The molecule has 4 aromatic carbocycles. The number of unbranched alkanes of at least 4 members (excludes halogenated alkanes) is 16. The maximum absolute atomic E-state index is 6.65. The number of nitrogens with zero attached hydrogens (tertiary/aromatic N) is 6. The number of nitrogens with one attached hydrogen (secondary N) is 2. The van der Waals surface area contributed by atoms with Gasteiger partial charge in [-0.2, -0.15) is 0 Å². The summed E-state index contributed by atoms with van der Waals surface area (Å²) in [5.74, 6) is 6.87. The number of ether oxygens (including phenoxy) is 8. The van der Waals surface area contributed by atoms with Crippen molar-refractivity contribution < 1.29 is 37.9 Å². The molecular weight excluding hydrogens is 1100 g/mol. The summed E-state index contributed by atoms with van der Waals surface area (Å²) in [6, 6.07) is 16.3. The van der Waals surface area contributed by atoms with Crippen LogP contribution in [0.25, 0.3) is 89.7 Å². The fourth-order valence-electron chi connectivity index (χ4n) is 11.0. The third-order valence-electron chi connectivity index (χ3n) is 16.1. The summed E-state index contributed by atoms with van der Waals surface area (Å²) in [7, 11) is 0. The van der Waals surface area contributed by atoms with E-state index in [2.05, 4.69) is 65.4 Å². The van der Waals surface area contributed by atoms with Crippen LogP contribution in [0.5, 0.6) is 46.0 Å². The molecule has 0 radical (unpaired) electrons. The predicted octanol–water partition coefficient (Wildman–Crippen LogP) is 19.4. The van der Waals surface area contributed by atoms with E-state index in [9.17, 15) is 0 Å². The molecule has 0 saturated heterocycles. The van der Waals surface area contributed by atoms with Gasteiger partial charge in [-0.25, -0.2) is 29.9 Å². The molecule has 0 amide bonds. The number of fused-ring (bicyclic) bond motifs is 20. The summed E-state index contributed by atoms with van der Waals surface area (Å²) >= 11 is 0. The highest BCUT2D eigenvalue weighted by molar-refractivity contribution is 6.08. The number of H-pyrrole nitrogens is 2. The van der Waals surface area contributed by atoms with E-state index < -0.39 is 0 Å². The highest BCUT2D eigenvalue weighted by Gasteiger charge is 2.28. The van der Waals surface area contributed by atoms with Gasteiger partial charge in [-0.05, 0) is 99.9 Å². The minimum Gasteiger partial charge on any atom is -0.490 e. The van der Waals surface area contributed by atoms with Crippen LogP contribution in [0.1, 0.15) is 209 Å². The lowest BCUT2D eigenvalue weighted by molar-refractivity contribution is 0.260. The zero-order chi connectivity index (χ0) is 61.5. The van der Waals surface area contributed by atoms with Crippen LogP contribution in [0.3, 0.4) is 0 Å². The monoisotopic (exact) mass is 1200 g/mol. The van der Waals surface area contributed by atoms with Crippen molar-refractivity contribution in [1.82, 2.24) is 39.9 Å². The van der Waals surface area contributed by atoms with Gasteiger partial charge in [0.1, 0.15) is 22.6 Å². The van der Waals surface area contributed by atoms with Crippen LogP contribution in [0.4, 0.5) is 0 Å². The van der Waals surface area contributed by atoms with Crippen LogP contribution in [-0.2, 0) is 0 Å². The molecule has 8 bridgehead atoms. The van der Waals surface area contributed by atoms with Gasteiger partial charge in [0.15, 0.2) is 69.3 Å². The van der Waals surface area contributed by atoms with Gasteiger partial charge < -0.3 is 47.9 Å². The number of rotatable bonds is 40. The fourth-order valence-corrected chi connectivity index (χ4v) is 11.0.